The monoisotopic (exact) mass is 394 g/mol. The number of benzene rings is 2. The number of carbonyl (C=O) groups excluding carboxylic acids is 1. The predicted molar refractivity (Wildman–Crippen MR) is 104 cm³/mol. The molecule has 5 nitrogen and oxygen atoms in total. The first-order valence-corrected chi connectivity index (χ1v) is 9.74. The van der Waals surface area contributed by atoms with Crippen molar-refractivity contribution >= 4 is 5.91 Å². The van der Waals surface area contributed by atoms with Crippen LogP contribution >= 0.6 is 0 Å². The molecule has 1 aliphatic carbocycles. The zero-order chi connectivity index (χ0) is 20.1. The van der Waals surface area contributed by atoms with Crippen molar-refractivity contribution in [3.8, 4) is 17.1 Å². The lowest BCUT2D eigenvalue weighted by atomic mass is 9.93. The van der Waals surface area contributed by atoms with Gasteiger partial charge in [-0.1, -0.05) is 48.5 Å². The summed E-state index contributed by atoms with van der Waals surface area (Å²) in [5, 5.41) is 4.48. The van der Waals surface area contributed by atoms with E-state index in [2.05, 4.69) is 10.1 Å². The number of hydrogen-bond donors (Lipinski definition) is 0. The molecule has 1 aromatic heterocycles. The van der Waals surface area contributed by atoms with E-state index in [0.717, 1.165) is 11.3 Å². The zero-order valence-corrected chi connectivity index (χ0v) is 15.8. The third kappa shape index (κ3) is 3.01. The molecular weight excluding hydrogens is 374 g/mol. The number of amides is 1. The molecule has 2 aliphatic rings. The first kappa shape index (κ1) is 18.0. The minimum absolute atomic E-state index is 0.0545. The lowest BCUT2D eigenvalue weighted by molar-refractivity contribution is 0.0280. The molecule has 2 fully saturated rings. The number of likely N-dealkylation sites (tertiary alicyclic amines) is 1. The summed E-state index contributed by atoms with van der Waals surface area (Å²) in [6.45, 7) is 0.629. The van der Waals surface area contributed by atoms with Gasteiger partial charge in [-0.3, -0.25) is 4.79 Å². The Morgan fingerprint density at radius 3 is 2.10 bits per heavy atom. The second-order valence-electron chi connectivity index (χ2n) is 7.83. The molecule has 1 saturated heterocycles. The highest BCUT2D eigenvalue weighted by Crippen LogP contribution is 2.65. The van der Waals surface area contributed by atoms with Gasteiger partial charge in [0.25, 0.3) is 11.8 Å². The van der Waals surface area contributed by atoms with Crippen LogP contribution in [0, 0.1) is 5.41 Å². The Hall–Kier alpha value is -3.09. The van der Waals surface area contributed by atoms with Crippen LogP contribution < -0.4 is 0 Å². The van der Waals surface area contributed by atoms with E-state index in [1.807, 2.05) is 60.7 Å². The summed E-state index contributed by atoms with van der Waals surface area (Å²) in [6.07, 6.45) is 0.606. The lowest BCUT2D eigenvalue weighted by Gasteiger charge is -2.31. The molecule has 2 heterocycles. The van der Waals surface area contributed by atoms with Gasteiger partial charge in [0.2, 0.25) is 5.82 Å². The van der Waals surface area contributed by atoms with Gasteiger partial charge in [-0.05, 0) is 25.0 Å². The van der Waals surface area contributed by atoms with E-state index in [0.29, 0.717) is 31.8 Å². The first-order valence-electron chi connectivity index (χ1n) is 9.74. The van der Waals surface area contributed by atoms with Crippen molar-refractivity contribution < 1.29 is 13.6 Å². The molecule has 148 valence electrons. The second kappa shape index (κ2) is 6.47. The molecule has 1 saturated carbocycles. The van der Waals surface area contributed by atoms with E-state index in [1.165, 1.54) is 0 Å². The van der Waals surface area contributed by atoms with Gasteiger partial charge in [0.05, 0.1) is 5.69 Å². The van der Waals surface area contributed by atoms with Gasteiger partial charge in [-0.25, -0.2) is 18.4 Å². The molecule has 7 heteroatoms. The van der Waals surface area contributed by atoms with Crippen LogP contribution in [0.3, 0.4) is 0 Å². The molecule has 29 heavy (non-hydrogen) atoms. The van der Waals surface area contributed by atoms with Crippen molar-refractivity contribution in [3.05, 3.63) is 66.5 Å². The van der Waals surface area contributed by atoms with E-state index in [4.69, 9.17) is 0 Å². The summed E-state index contributed by atoms with van der Waals surface area (Å²) in [5.74, 6) is -2.22. The van der Waals surface area contributed by atoms with E-state index in [9.17, 15) is 13.6 Å². The van der Waals surface area contributed by atoms with Gasteiger partial charge < -0.3 is 4.90 Å². The fourth-order valence-electron chi connectivity index (χ4n) is 4.13. The Morgan fingerprint density at radius 1 is 0.931 bits per heavy atom. The summed E-state index contributed by atoms with van der Waals surface area (Å²) in [7, 11) is 0. The van der Waals surface area contributed by atoms with E-state index >= 15 is 0 Å². The van der Waals surface area contributed by atoms with Gasteiger partial charge in [0.1, 0.15) is 0 Å². The lowest BCUT2D eigenvalue weighted by Crippen LogP contribution is -2.41. The topological polar surface area (TPSA) is 51.0 Å². The number of para-hydroxylation sites is 1. The number of rotatable bonds is 3. The highest BCUT2D eigenvalue weighted by Gasteiger charge is 2.70. The first-order chi connectivity index (χ1) is 14.0. The second-order valence-corrected chi connectivity index (χ2v) is 7.83. The van der Waals surface area contributed by atoms with Gasteiger partial charge in [-0.2, -0.15) is 0 Å². The number of carbonyl (C=O) groups is 1. The summed E-state index contributed by atoms with van der Waals surface area (Å²) in [6, 6.07) is 19.0. The molecule has 0 atom stereocenters. The normalized spacial score (nSPS) is 19.3. The molecule has 0 bridgehead atoms. The number of nitrogens with zero attached hydrogens (tertiary/aromatic N) is 4. The Balaban J connectivity index is 1.45. The molecular formula is C22H20F2N4O. The van der Waals surface area contributed by atoms with Gasteiger partial charge in [0.15, 0.2) is 5.82 Å². The predicted octanol–water partition coefficient (Wildman–Crippen LogP) is 4.20. The number of aromatic nitrogens is 3. The van der Waals surface area contributed by atoms with E-state index in [-0.39, 0.29) is 18.2 Å². The van der Waals surface area contributed by atoms with Crippen LogP contribution in [-0.2, 0) is 0 Å². The summed E-state index contributed by atoms with van der Waals surface area (Å²) in [4.78, 5) is 19.1. The van der Waals surface area contributed by atoms with Crippen molar-refractivity contribution in [3.63, 3.8) is 0 Å². The van der Waals surface area contributed by atoms with Crippen LogP contribution in [0.1, 0.15) is 29.9 Å². The van der Waals surface area contributed by atoms with Crippen LogP contribution in [0.25, 0.3) is 17.1 Å². The van der Waals surface area contributed by atoms with Crippen molar-refractivity contribution in [2.75, 3.05) is 13.1 Å². The maximum absolute atomic E-state index is 13.6. The van der Waals surface area contributed by atoms with Crippen LogP contribution in [0.2, 0.25) is 0 Å². The average molecular weight is 394 g/mol. The molecule has 3 aromatic rings. The third-order valence-electron chi connectivity index (χ3n) is 6.05. The van der Waals surface area contributed by atoms with Gasteiger partial charge >= 0.3 is 0 Å². The molecule has 1 amide bonds. The quantitative estimate of drug-likeness (QED) is 0.669. The largest absolute Gasteiger partial charge is 0.336 e. The Labute approximate surface area is 167 Å². The van der Waals surface area contributed by atoms with Crippen molar-refractivity contribution in [2.45, 2.75) is 25.2 Å². The van der Waals surface area contributed by atoms with Crippen LogP contribution in [-0.4, -0.2) is 44.6 Å². The van der Waals surface area contributed by atoms with Crippen molar-refractivity contribution in [1.82, 2.24) is 19.7 Å². The molecule has 0 radical (unpaired) electrons. The molecule has 0 N–H and O–H groups in total. The molecule has 1 aliphatic heterocycles. The van der Waals surface area contributed by atoms with Gasteiger partial charge in [-0.15, -0.1) is 5.10 Å². The maximum atomic E-state index is 13.6. The fraction of sp³-hybridized carbons (Fsp3) is 0.318. The van der Waals surface area contributed by atoms with E-state index in [1.54, 1.807) is 9.58 Å². The minimum Gasteiger partial charge on any atom is -0.336 e. The van der Waals surface area contributed by atoms with Crippen LogP contribution in [0.4, 0.5) is 8.78 Å². The Kier molecular flexibility index (Phi) is 4.01. The maximum Gasteiger partial charge on any atom is 0.293 e. The van der Waals surface area contributed by atoms with Crippen LogP contribution in [0.5, 0.6) is 0 Å². The minimum atomic E-state index is -2.57. The summed E-state index contributed by atoms with van der Waals surface area (Å²) >= 11 is 0. The van der Waals surface area contributed by atoms with E-state index < -0.39 is 11.3 Å². The Bertz CT molecular complexity index is 984. The summed E-state index contributed by atoms with van der Waals surface area (Å²) < 4.78 is 28.9. The van der Waals surface area contributed by atoms with Crippen molar-refractivity contribution in [2.24, 2.45) is 5.41 Å². The smallest absolute Gasteiger partial charge is 0.293 e. The summed E-state index contributed by atoms with van der Waals surface area (Å²) in [5.41, 5.74) is 0.752. The number of halogens is 2. The third-order valence-corrected chi connectivity index (χ3v) is 6.05. The number of alkyl halides is 2. The van der Waals surface area contributed by atoms with Crippen LogP contribution in [0.15, 0.2) is 60.7 Å². The van der Waals surface area contributed by atoms with Gasteiger partial charge in [0, 0.05) is 30.5 Å². The molecule has 0 unspecified atom stereocenters. The highest BCUT2D eigenvalue weighted by molar-refractivity contribution is 5.91. The standard InChI is InChI=1S/C22H20F2N4O/c23-22(24)15-21(22)11-13-27(14-12-21)20(29)18-25-19(16-7-3-1-4-8-16)28(26-18)17-9-5-2-6-10-17/h1-10H,11-15H2. The fourth-order valence-corrected chi connectivity index (χ4v) is 4.13. The zero-order valence-electron chi connectivity index (χ0n) is 15.8. The molecule has 5 rings (SSSR count). The number of hydrogen-bond acceptors (Lipinski definition) is 3. The SMILES string of the molecule is O=C(c1nc(-c2ccccc2)n(-c2ccccc2)n1)N1CCC2(CC1)CC2(F)F. The molecule has 1 spiro atoms. The molecule has 2 aromatic carbocycles. The average Bonchev–Trinajstić information content (AvgIpc) is 3.09. The highest BCUT2D eigenvalue weighted by atomic mass is 19.3. The van der Waals surface area contributed by atoms with Crippen molar-refractivity contribution in [1.29, 1.82) is 0 Å². The number of piperidine rings is 1. The Morgan fingerprint density at radius 2 is 1.52 bits per heavy atom.